The van der Waals surface area contributed by atoms with Crippen LogP contribution in [0.5, 0.6) is 0 Å². The van der Waals surface area contributed by atoms with Crippen molar-refractivity contribution in [3.63, 3.8) is 0 Å². The third-order valence-corrected chi connectivity index (χ3v) is 3.79. The Hall–Kier alpha value is -1.34. The van der Waals surface area contributed by atoms with Gasteiger partial charge in [-0.25, -0.2) is 13.6 Å². The molecule has 0 heterocycles. The van der Waals surface area contributed by atoms with Crippen LogP contribution in [0.2, 0.25) is 0 Å². The van der Waals surface area contributed by atoms with Gasteiger partial charge in [0.15, 0.2) is 11.6 Å². The van der Waals surface area contributed by atoms with Gasteiger partial charge in [-0.1, -0.05) is 12.1 Å². The number of aliphatic hydroxyl groups is 1. The first kappa shape index (κ1) is 17.7. The monoisotopic (exact) mass is 318 g/mol. The summed E-state index contributed by atoms with van der Waals surface area (Å²) < 4.78 is 26.7. The average Bonchev–Trinajstić information content (AvgIpc) is 2.39. The molecule has 0 aromatic heterocycles. The number of hydrogen-bond donors (Lipinski definition) is 3. The van der Waals surface area contributed by atoms with Gasteiger partial charge in [0.2, 0.25) is 0 Å². The van der Waals surface area contributed by atoms with Gasteiger partial charge in [0.05, 0.1) is 11.6 Å². The minimum atomic E-state index is -1.02. The molecule has 0 spiro atoms. The smallest absolute Gasteiger partial charge is 0.315 e. The van der Waals surface area contributed by atoms with Crippen molar-refractivity contribution in [3.8, 4) is 0 Å². The maximum absolute atomic E-state index is 13.6. The van der Waals surface area contributed by atoms with Gasteiger partial charge >= 0.3 is 6.03 Å². The third kappa shape index (κ3) is 5.51. The fourth-order valence-corrected chi connectivity index (χ4v) is 2.54. The molecule has 2 atom stereocenters. The first-order valence-electron chi connectivity index (χ1n) is 6.46. The summed E-state index contributed by atoms with van der Waals surface area (Å²) in [5.74, 6) is -1.45. The van der Waals surface area contributed by atoms with Crippen molar-refractivity contribution < 1.29 is 18.7 Å². The summed E-state index contributed by atoms with van der Waals surface area (Å²) in [7, 11) is 0. The van der Waals surface area contributed by atoms with Gasteiger partial charge in [0.25, 0.3) is 0 Å². The normalized spacial score (nSPS) is 15.1. The lowest BCUT2D eigenvalue weighted by molar-refractivity contribution is 0.0868. The molecule has 1 rings (SSSR count). The van der Waals surface area contributed by atoms with Crippen molar-refractivity contribution in [2.24, 2.45) is 0 Å². The maximum atomic E-state index is 13.6. The molecule has 2 amide bonds. The molecule has 0 aliphatic heterocycles. The van der Waals surface area contributed by atoms with E-state index >= 15 is 0 Å². The van der Waals surface area contributed by atoms with Gasteiger partial charge in [-0.15, -0.1) is 0 Å². The molecule has 7 heteroatoms. The predicted molar refractivity (Wildman–Crippen MR) is 80.3 cm³/mol. The summed E-state index contributed by atoms with van der Waals surface area (Å²) >= 11 is 1.46. The lowest BCUT2D eigenvalue weighted by Gasteiger charge is -2.23. The molecule has 0 saturated carbocycles. The molecule has 0 saturated heterocycles. The van der Waals surface area contributed by atoms with E-state index in [-0.39, 0.29) is 12.1 Å². The third-order valence-electron chi connectivity index (χ3n) is 2.88. The zero-order valence-corrected chi connectivity index (χ0v) is 13.1. The largest absolute Gasteiger partial charge is 0.387 e. The number of carbonyl (C=O) groups excluding carboxylic acids is 1. The number of rotatable bonds is 6. The topological polar surface area (TPSA) is 61.4 Å². The van der Waals surface area contributed by atoms with Crippen LogP contribution in [0.15, 0.2) is 18.2 Å². The zero-order chi connectivity index (χ0) is 16.0. The van der Waals surface area contributed by atoms with E-state index in [1.165, 1.54) is 23.9 Å². The first-order chi connectivity index (χ1) is 9.76. The van der Waals surface area contributed by atoms with Crippen LogP contribution in [-0.4, -0.2) is 35.3 Å². The van der Waals surface area contributed by atoms with Crippen LogP contribution in [0.4, 0.5) is 13.6 Å². The van der Waals surface area contributed by atoms with E-state index in [1.54, 1.807) is 13.8 Å². The second kappa shape index (κ2) is 7.61. The number of halogens is 2. The molecule has 3 N–H and O–H groups in total. The van der Waals surface area contributed by atoms with Crippen molar-refractivity contribution in [1.29, 1.82) is 0 Å². The number of benzene rings is 1. The molecule has 1 aromatic rings. The van der Waals surface area contributed by atoms with E-state index in [9.17, 15) is 18.7 Å². The standard InChI is InChI=1S/C14H20F2N2O2S/c1-9(10-5-4-6-11(15)12(10)16)18-13(19)17-7-14(2,20)8-21-3/h4-6,9,20H,7-8H2,1-3H3,(H2,17,18,19). The Bertz CT molecular complexity index is 498. The van der Waals surface area contributed by atoms with E-state index in [1.807, 2.05) is 6.26 Å². The van der Waals surface area contributed by atoms with Crippen LogP contribution in [0, 0.1) is 11.6 Å². The Balaban J connectivity index is 2.57. The van der Waals surface area contributed by atoms with Crippen LogP contribution in [0.1, 0.15) is 25.5 Å². The van der Waals surface area contributed by atoms with Crippen LogP contribution in [0.25, 0.3) is 0 Å². The molecule has 0 aliphatic rings. The number of carbonyl (C=O) groups is 1. The summed E-state index contributed by atoms with van der Waals surface area (Å²) in [4.78, 5) is 11.7. The van der Waals surface area contributed by atoms with Crippen molar-refractivity contribution in [1.82, 2.24) is 10.6 Å². The molecule has 0 aliphatic carbocycles. The van der Waals surface area contributed by atoms with Crippen LogP contribution < -0.4 is 10.6 Å². The van der Waals surface area contributed by atoms with E-state index < -0.39 is 29.3 Å². The fraction of sp³-hybridized carbons (Fsp3) is 0.500. The summed E-state index contributed by atoms with van der Waals surface area (Å²) in [5, 5.41) is 14.9. The van der Waals surface area contributed by atoms with Crippen molar-refractivity contribution >= 4 is 17.8 Å². The lowest BCUT2D eigenvalue weighted by atomic mass is 10.1. The van der Waals surface area contributed by atoms with Gasteiger partial charge in [0.1, 0.15) is 0 Å². The highest BCUT2D eigenvalue weighted by Gasteiger charge is 2.21. The number of urea groups is 1. The quantitative estimate of drug-likeness (QED) is 0.755. The minimum absolute atomic E-state index is 0.0675. The van der Waals surface area contributed by atoms with Gasteiger partial charge in [-0.3, -0.25) is 0 Å². The molecular formula is C14H20F2N2O2S. The number of nitrogens with one attached hydrogen (secondary N) is 2. The van der Waals surface area contributed by atoms with Gasteiger partial charge in [-0.2, -0.15) is 11.8 Å². The van der Waals surface area contributed by atoms with E-state index in [2.05, 4.69) is 10.6 Å². The fourth-order valence-electron chi connectivity index (χ4n) is 1.81. The minimum Gasteiger partial charge on any atom is -0.387 e. The highest BCUT2D eigenvalue weighted by Crippen LogP contribution is 2.18. The molecule has 118 valence electrons. The summed E-state index contributed by atoms with van der Waals surface area (Å²) in [6.07, 6.45) is 1.85. The predicted octanol–water partition coefficient (Wildman–Crippen LogP) is 2.44. The average molecular weight is 318 g/mol. The van der Waals surface area contributed by atoms with E-state index in [0.717, 1.165) is 6.07 Å². The highest BCUT2D eigenvalue weighted by molar-refractivity contribution is 7.98. The van der Waals surface area contributed by atoms with Crippen LogP contribution in [-0.2, 0) is 0 Å². The second-order valence-corrected chi connectivity index (χ2v) is 5.99. The Morgan fingerprint density at radius 3 is 2.76 bits per heavy atom. The number of hydrogen-bond acceptors (Lipinski definition) is 3. The molecule has 0 bridgehead atoms. The van der Waals surface area contributed by atoms with Gasteiger partial charge < -0.3 is 15.7 Å². The Kier molecular flexibility index (Phi) is 6.42. The first-order valence-corrected chi connectivity index (χ1v) is 7.86. The number of thioether (sulfide) groups is 1. The maximum Gasteiger partial charge on any atom is 0.315 e. The Morgan fingerprint density at radius 2 is 2.14 bits per heavy atom. The zero-order valence-electron chi connectivity index (χ0n) is 12.2. The lowest BCUT2D eigenvalue weighted by Crippen LogP contribution is -2.46. The van der Waals surface area contributed by atoms with Crippen LogP contribution in [0.3, 0.4) is 0 Å². The molecule has 0 radical (unpaired) electrons. The Labute approximate surface area is 127 Å². The molecule has 1 aromatic carbocycles. The molecule has 0 fully saturated rings. The van der Waals surface area contributed by atoms with Crippen LogP contribution >= 0.6 is 11.8 Å². The second-order valence-electron chi connectivity index (χ2n) is 5.12. The van der Waals surface area contributed by atoms with Crippen molar-refractivity contribution in [3.05, 3.63) is 35.4 Å². The summed E-state index contributed by atoms with van der Waals surface area (Å²) in [6.45, 7) is 3.23. The van der Waals surface area contributed by atoms with E-state index in [4.69, 9.17) is 0 Å². The molecule has 4 nitrogen and oxygen atoms in total. The molecule has 21 heavy (non-hydrogen) atoms. The summed E-state index contributed by atoms with van der Waals surface area (Å²) in [5.41, 5.74) is -0.953. The number of amides is 2. The van der Waals surface area contributed by atoms with Gasteiger partial charge in [-0.05, 0) is 26.2 Å². The summed E-state index contributed by atoms with van der Waals surface area (Å²) in [6, 6.07) is 2.57. The SMILES string of the molecule is CSCC(C)(O)CNC(=O)NC(C)c1cccc(F)c1F. The molecule has 2 unspecified atom stereocenters. The van der Waals surface area contributed by atoms with E-state index in [0.29, 0.717) is 5.75 Å². The van der Waals surface area contributed by atoms with Crippen molar-refractivity contribution in [2.45, 2.75) is 25.5 Å². The molecular weight excluding hydrogens is 298 g/mol. The van der Waals surface area contributed by atoms with Crippen molar-refractivity contribution in [2.75, 3.05) is 18.6 Å². The van der Waals surface area contributed by atoms with Gasteiger partial charge in [0, 0.05) is 17.9 Å². The highest BCUT2D eigenvalue weighted by atomic mass is 32.2. The Morgan fingerprint density at radius 1 is 1.48 bits per heavy atom.